The number of para-hydroxylation sites is 1. The highest BCUT2D eigenvalue weighted by molar-refractivity contribution is 5.71. The molecule has 0 fully saturated rings. The summed E-state index contributed by atoms with van der Waals surface area (Å²) in [5.74, 6) is 0.298. The molecule has 0 aliphatic heterocycles. The van der Waals surface area contributed by atoms with Crippen LogP contribution in [0.1, 0.15) is 47.2 Å². The number of nitro groups is 1. The molecular formula is C33H34N2O3. The number of nitrogens with zero attached hydrogens (tertiary/aromatic N) is 2. The van der Waals surface area contributed by atoms with Crippen LogP contribution in [-0.4, -0.2) is 11.0 Å². The van der Waals surface area contributed by atoms with Gasteiger partial charge in [0.15, 0.2) is 5.75 Å². The number of benzene rings is 4. The van der Waals surface area contributed by atoms with E-state index in [1.165, 1.54) is 22.3 Å². The molecule has 5 heteroatoms. The van der Waals surface area contributed by atoms with Crippen LogP contribution in [0.4, 0.5) is 11.4 Å². The normalized spacial score (nSPS) is 12.8. The van der Waals surface area contributed by atoms with Gasteiger partial charge in [-0.2, -0.15) is 0 Å². The molecular weight excluding hydrogens is 472 g/mol. The van der Waals surface area contributed by atoms with Gasteiger partial charge in [-0.1, -0.05) is 92.7 Å². The molecule has 0 radical (unpaired) electrons. The predicted molar refractivity (Wildman–Crippen MR) is 153 cm³/mol. The lowest BCUT2D eigenvalue weighted by atomic mass is 9.97. The molecule has 4 aromatic carbocycles. The second kappa shape index (κ2) is 11.5. The molecule has 0 bridgehead atoms. The molecule has 4 aromatic rings. The lowest BCUT2D eigenvalue weighted by Gasteiger charge is -2.31. The summed E-state index contributed by atoms with van der Waals surface area (Å²) in [5.41, 5.74) is 8.26. The molecule has 0 saturated heterocycles. The quantitative estimate of drug-likeness (QED) is 0.165. The van der Waals surface area contributed by atoms with Crippen molar-refractivity contribution in [3.63, 3.8) is 0 Å². The molecule has 1 aliphatic carbocycles. The zero-order valence-electron chi connectivity index (χ0n) is 22.1. The minimum absolute atomic E-state index is 0.0267. The van der Waals surface area contributed by atoms with E-state index in [0.29, 0.717) is 18.0 Å². The first-order valence-electron chi connectivity index (χ1n) is 13.5. The highest BCUT2D eigenvalue weighted by atomic mass is 16.6. The summed E-state index contributed by atoms with van der Waals surface area (Å²) in [5, 5.41) is 12.5. The van der Waals surface area contributed by atoms with Gasteiger partial charge in [0.2, 0.25) is 0 Å². The molecule has 194 valence electrons. The van der Waals surface area contributed by atoms with E-state index in [1.807, 2.05) is 60.7 Å². The Hall–Kier alpha value is -4.12. The average molecular weight is 507 g/mol. The molecule has 38 heavy (non-hydrogen) atoms. The van der Waals surface area contributed by atoms with E-state index in [2.05, 4.69) is 43.0 Å². The van der Waals surface area contributed by atoms with E-state index >= 15 is 0 Å². The fraction of sp³-hybridized carbons (Fsp3) is 0.273. The second-order valence-electron chi connectivity index (χ2n) is 9.93. The number of hydrogen-bond acceptors (Lipinski definition) is 4. The van der Waals surface area contributed by atoms with Crippen LogP contribution in [-0.2, 0) is 38.8 Å². The van der Waals surface area contributed by atoms with Gasteiger partial charge < -0.3 is 9.64 Å². The molecule has 5 nitrogen and oxygen atoms in total. The van der Waals surface area contributed by atoms with Crippen molar-refractivity contribution in [1.82, 2.24) is 0 Å². The summed E-state index contributed by atoms with van der Waals surface area (Å²) < 4.78 is 6.04. The van der Waals surface area contributed by atoms with Crippen molar-refractivity contribution in [1.29, 1.82) is 0 Å². The lowest BCUT2D eigenvalue weighted by Crippen LogP contribution is -2.36. The van der Waals surface area contributed by atoms with E-state index in [0.717, 1.165) is 36.8 Å². The first-order chi connectivity index (χ1) is 18.6. The van der Waals surface area contributed by atoms with E-state index < -0.39 is 0 Å². The third kappa shape index (κ3) is 5.42. The van der Waals surface area contributed by atoms with Gasteiger partial charge >= 0.3 is 5.69 Å². The van der Waals surface area contributed by atoms with E-state index in [-0.39, 0.29) is 23.3 Å². The van der Waals surface area contributed by atoms with Gasteiger partial charge in [-0.25, -0.2) is 0 Å². The molecule has 0 amide bonds. The monoisotopic (exact) mass is 506 g/mol. The third-order valence-electron chi connectivity index (χ3n) is 7.54. The summed E-state index contributed by atoms with van der Waals surface area (Å²) in [7, 11) is 0. The molecule has 0 heterocycles. The highest BCUT2D eigenvalue weighted by Crippen LogP contribution is 2.41. The van der Waals surface area contributed by atoms with Gasteiger partial charge in [-0.15, -0.1) is 0 Å². The topological polar surface area (TPSA) is 55.6 Å². The smallest absolute Gasteiger partial charge is 0.333 e. The number of fused-ring (bicyclic) bond motifs is 1. The minimum atomic E-state index is -0.292. The van der Waals surface area contributed by atoms with Crippen LogP contribution in [0.25, 0.3) is 0 Å². The molecule has 0 saturated carbocycles. The predicted octanol–water partition coefficient (Wildman–Crippen LogP) is 7.47. The Bertz CT molecular complexity index is 1370. The fourth-order valence-corrected chi connectivity index (χ4v) is 5.60. The van der Waals surface area contributed by atoms with Crippen LogP contribution in [0.5, 0.6) is 5.75 Å². The first-order valence-corrected chi connectivity index (χ1v) is 13.5. The van der Waals surface area contributed by atoms with Gasteiger partial charge in [0.05, 0.1) is 4.92 Å². The minimum Gasteiger partial charge on any atom is -0.482 e. The zero-order chi connectivity index (χ0) is 26.5. The van der Waals surface area contributed by atoms with Crippen LogP contribution in [0.3, 0.4) is 0 Å². The Kier molecular flexibility index (Phi) is 7.73. The average Bonchev–Trinajstić information content (AvgIpc) is 3.37. The van der Waals surface area contributed by atoms with Gasteiger partial charge in [-0.3, -0.25) is 10.1 Å². The van der Waals surface area contributed by atoms with Crippen molar-refractivity contribution >= 4 is 11.4 Å². The molecule has 0 aromatic heterocycles. The molecule has 0 atom stereocenters. The number of aryl methyl sites for hydroxylation is 2. The number of hydrogen-bond donors (Lipinski definition) is 0. The van der Waals surface area contributed by atoms with Crippen LogP contribution in [0.2, 0.25) is 0 Å². The fourth-order valence-electron chi connectivity index (χ4n) is 5.60. The van der Waals surface area contributed by atoms with Crippen molar-refractivity contribution in [3.8, 4) is 5.75 Å². The SMILES string of the molecule is CCc1cc2c(cc1CC)CC(N(Cc1ccccc1)c1cccc(OCc3ccccc3)c1[N+](=O)[O-])C2. The molecule has 1 aliphatic rings. The first kappa shape index (κ1) is 25.5. The molecule has 0 spiro atoms. The van der Waals surface area contributed by atoms with Crippen LogP contribution < -0.4 is 9.64 Å². The Balaban J connectivity index is 1.52. The molecule has 0 N–H and O–H groups in total. The summed E-state index contributed by atoms with van der Waals surface area (Å²) in [4.78, 5) is 14.4. The van der Waals surface area contributed by atoms with Crippen LogP contribution in [0.15, 0.2) is 91.0 Å². The van der Waals surface area contributed by atoms with Crippen molar-refractivity contribution in [2.24, 2.45) is 0 Å². The lowest BCUT2D eigenvalue weighted by molar-refractivity contribution is -0.385. The van der Waals surface area contributed by atoms with Gasteiger partial charge in [0, 0.05) is 12.6 Å². The Morgan fingerprint density at radius 1 is 0.816 bits per heavy atom. The molecule has 5 rings (SSSR count). The Morgan fingerprint density at radius 2 is 1.39 bits per heavy atom. The molecule has 0 unspecified atom stereocenters. The van der Waals surface area contributed by atoms with Crippen molar-refractivity contribution in [3.05, 3.63) is 134 Å². The Morgan fingerprint density at radius 3 is 1.95 bits per heavy atom. The van der Waals surface area contributed by atoms with E-state index in [1.54, 1.807) is 6.07 Å². The third-order valence-corrected chi connectivity index (χ3v) is 7.54. The van der Waals surface area contributed by atoms with Gasteiger partial charge in [0.1, 0.15) is 12.3 Å². The van der Waals surface area contributed by atoms with Crippen LogP contribution >= 0.6 is 0 Å². The number of anilines is 1. The summed E-state index contributed by atoms with van der Waals surface area (Å²) in [6.45, 7) is 5.28. The maximum atomic E-state index is 12.5. The standard InChI is InChI=1S/C33H34N2O3/c1-3-26-18-28-20-30(21-29(28)19-27(26)4-2)34(22-24-12-7-5-8-13-24)31-16-11-17-32(33(31)35(36)37)38-23-25-14-9-6-10-15-25/h5-19,30H,3-4,20-23H2,1-2H3. The maximum absolute atomic E-state index is 12.5. The van der Waals surface area contributed by atoms with Crippen LogP contribution in [0, 0.1) is 10.1 Å². The van der Waals surface area contributed by atoms with E-state index in [9.17, 15) is 10.1 Å². The van der Waals surface area contributed by atoms with Crippen molar-refractivity contribution in [2.45, 2.75) is 58.7 Å². The summed E-state index contributed by atoms with van der Waals surface area (Å²) >= 11 is 0. The number of rotatable bonds is 10. The number of nitro benzene ring substituents is 1. The Labute approximate surface area is 224 Å². The van der Waals surface area contributed by atoms with Gasteiger partial charge in [-0.05, 0) is 71.2 Å². The highest BCUT2D eigenvalue weighted by Gasteiger charge is 2.33. The number of ether oxygens (including phenoxy) is 1. The van der Waals surface area contributed by atoms with Gasteiger partial charge in [0.25, 0.3) is 0 Å². The van der Waals surface area contributed by atoms with Crippen molar-refractivity contribution < 1.29 is 9.66 Å². The van der Waals surface area contributed by atoms with E-state index in [4.69, 9.17) is 4.74 Å². The zero-order valence-corrected chi connectivity index (χ0v) is 22.1. The summed E-state index contributed by atoms with van der Waals surface area (Å²) in [6.07, 6.45) is 3.76. The largest absolute Gasteiger partial charge is 0.482 e. The second-order valence-corrected chi connectivity index (χ2v) is 9.93. The maximum Gasteiger partial charge on any atom is 0.333 e. The summed E-state index contributed by atoms with van der Waals surface area (Å²) in [6, 6.07) is 30.2. The van der Waals surface area contributed by atoms with Crippen molar-refractivity contribution in [2.75, 3.05) is 4.90 Å².